The second-order valence-electron chi connectivity index (χ2n) is 4.43. The molecule has 0 spiro atoms. The van der Waals surface area contributed by atoms with E-state index < -0.39 is 0 Å². The van der Waals surface area contributed by atoms with Crippen molar-refractivity contribution in [2.75, 3.05) is 13.1 Å². The maximum absolute atomic E-state index is 11.9. The fourth-order valence-electron chi connectivity index (χ4n) is 2.07. The Labute approximate surface area is 87.7 Å². The third-order valence-corrected chi connectivity index (χ3v) is 3.08. The first-order valence-corrected chi connectivity index (χ1v) is 6.04. The molecule has 1 saturated heterocycles. The molecule has 0 N–H and O–H groups in total. The number of rotatable bonds is 5. The number of unbranched alkanes of at least 4 members (excludes halogenated alkanes) is 2. The average Bonchev–Trinajstić information content (AvgIpc) is 2.69. The molecule has 0 aromatic rings. The van der Waals surface area contributed by atoms with Crippen LogP contribution in [0.4, 0.5) is 0 Å². The van der Waals surface area contributed by atoms with Gasteiger partial charge < -0.3 is 4.90 Å². The molecule has 0 saturated carbocycles. The Balaban J connectivity index is 2.21. The summed E-state index contributed by atoms with van der Waals surface area (Å²) >= 11 is 0. The molecule has 1 aliphatic rings. The lowest BCUT2D eigenvalue weighted by atomic mass is 10.0. The van der Waals surface area contributed by atoms with Gasteiger partial charge in [0.2, 0.25) is 5.91 Å². The lowest BCUT2D eigenvalue weighted by molar-refractivity contribution is -0.134. The Bertz CT molecular complexity index is 173. The molecule has 1 rings (SSSR count). The van der Waals surface area contributed by atoms with E-state index in [1.54, 1.807) is 0 Å². The Morgan fingerprint density at radius 3 is 2.50 bits per heavy atom. The second-order valence-corrected chi connectivity index (χ2v) is 4.43. The largest absolute Gasteiger partial charge is 0.342 e. The molecule has 82 valence electrons. The van der Waals surface area contributed by atoms with Crippen LogP contribution < -0.4 is 0 Å². The van der Waals surface area contributed by atoms with Crippen LogP contribution in [0.2, 0.25) is 0 Å². The number of hydrogen-bond donors (Lipinski definition) is 0. The van der Waals surface area contributed by atoms with Crippen LogP contribution in [0, 0.1) is 5.92 Å². The van der Waals surface area contributed by atoms with E-state index in [1.165, 1.54) is 32.1 Å². The predicted octanol–water partition coefficient (Wildman–Crippen LogP) is 2.83. The van der Waals surface area contributed by atoms with Crippen molar-refractivity contribution in [3.8, 4) is 0 Å². The van der Waals surface area contributed by atoms with Gasteiger partial charge in [-0.2, -0.15) is 0 Å². The van der Waals surface area contributed by atoms with Crippen LogP contribution in [0.1, 0.15) is 52.4 Å². The molecule has 2 nitrogen and oxygen atoms in total. The minimum atomic E-state index is 0.250. The van der Waals surface area contributed by atoms with Gasteiger partial charge in [-0.1, -0.05) is 33.1 Å². The average molecular weight is 197 g/mol. The number of hydrogen-bond acceptors (Lipinski definition) is 1. The Kier molecular flexibility index (Phi) is 4.99. The minimum Gasteiger partial charge on any atom is -0.342 e. The highest BCUT2D eigenvalue weighted by Crippen LogP contribution is 2.16. The number of likely N-dealkylation sites (tertiary alicyclic amines) is 1. The van der Waals surface area contributed by atoms with Crippen LogP contribution in [0.25, 0.3) is 0 Å². The van der Waals surface area contributed by atoms with Crippen molar-refractivity contribution in [3.05, 3.63) is 0 Å². The summed E-state index contributed by atoms with van der Waals surface area (Å²) in [4.78, 5) is 13.9. The quantitative estimate of drug-likeness (QED) is 0.621. The van der Waals surface area contributed by atoms with E-state index in [2.05, 4.69) is 13.8 Å². The maximum atomic E-state index is 11.9. The van der Waals surface area contributed by atoms with Crippen molar-refractivity contribution in [2.45, 2.75) is 52.4 Å². The van der Waals surface area contributed by atoms with E-state index >= 15 is 0 Å². The summed E-state index contributed by atoms with van der Waals surface area (Å²) < 4.78 is 0. The molecule has 0 aromatic heterocycles. The highest BCUT2D eigenvalue weighted by atomic mass is 16.2. The van der Waals surface area contributed by atoms with Crippen LogP contribution in [0.3, 0.4) is 0 Å². The Morgan fingerprint density at radius 2 is 1.93 bits per heavy atom. The van der Waals surface area contributed by atoms with Gasteiger partial charge in [-0.25, -0.2) is 0 Å². The van der Waals surface area contributed by atoms with Crippen LogP contribution in [-0.4, -0.2) is 23.9 Å². The summed E-state index contributed by atoms with van der Waals surface area (Å²) in [6.07, 6.45) is 7.18. The zero-order valence-corrected chi connectivity index (χ0v) is 9.59. The van der Waals surface area contributed by atoms with Crippen molar-refractivity contribution in [1.82, 2.24) is 4.90 Å². The van der Waals surface area contributed by atoms with Crippen LogP contribution >= 0.6 is 0 Å². The van der Waals surface area contributed by atoms with Crippen molar-refractivity contribution >= 4 is 5.91 Å². The van der Waals surface area contributed by atoms with Gasteiger partial charge in [-0.15, -0.1) is 0 Å². The van der Waals surface area contributed by atoms with E-state index in [-0.39, 0.29) is 5.92 Å². The minimum absolute atomic E-state index is 0.250. The normalized spacial score (nSPS) is 18.6. The van der Waals surface area contributed by atoms with Crippen molar-refractivity contribution < 1.29 is 4.79 Å². The third kappa shape index (κ3) is 3.32. The number of nitrogens with zero attached hydrogens (tertiary/aromatic N) is 1. The van der Waals surface area contributed by atoms with Gasteiger partial charge >= 0.3 is 0 Å². The lowest BCUT2D eigenvalue weighted by Gasteiger charge is -2.20. The van der Waals surface area contributed by atoms with E-state index in [9.17, 15) is 4.79 Å². The monoisotopic (exact) mass is 197 g/mol. The summed E-state index contributed by atoms with van der Waals surface area (Å²) in [5.74, 6) is 0.637. The molecule has 0 aromatic carbocycles. The molecule has 0 aliphatic carbocycles. The Morgan fingerprint density at radius 1 is 1.29 bits per heavy atom. The lowest BCUT2D eigenvalue weighted by Crippen LogP contribution is -2.32. The predicted molar refractivity (Wildman–Crippen MR) is 59.1 cm³/mol. The van der Waals surface area contributed by atoms with Crippen molar-refractivity contribution in [3.63, 3.8) is 0 Å². The van der Waals surface area contributed by atoms with E-state index in [4.69, 9.17) is 0 Å². The molecule has 1 aliphatic heterocycles. The van der Waals surface area contributed by atoms with Gasteiger partial charge in [-0.3, -0.25) is 4.79 Å². The Hall–Kier alpha value is -0.530. The van der Waals surface area contributed by atoms with Crippen molar-refractivity contribution in [1.29, 1.82) is 0 Å². The zero-order chi connectivity index (χ0) is 10.4. The smallest absolute Gasteiger partial charge is 0.225 e. The SMILES string of the molecule is CCCCC[C@H](C)C(=O)N1CCCC1. The molecule has 1 atom stereocenters. The number of carbonyl (C=O) groups is 1. The standard InChI is InChI=1S/C12H23NO/c1-3-4-5-8-11(2)12(14)13-9-6-7-10-13/h11H,3-10H2,1-2H3/t11-/m0/s1. The molecule has 2 heteroatoms. The molecule has 1 fully saturated rings. The van der Waals surface area contributed by atoms with Gasteiger partial charge in [0.1, 0.15) is 0 Å². The first-order chi connectivity index (χ1) is 6.75. The van der Waals surface area contributed by atoms with E-state index in [1.807, 2.05) is 4.90 Å². The van der Waals surface area contributed by atoms with Gasteiger partial charge in [-0.05, 0) is 19.3 Å². The number of amides is 1. The van der Waals surface area contributed by atoms with Gasteiger partial charge in [0.15, 0.2) is 0 Å². The first kappa shape index (κ1) is 11.5. The molecule has 0 radical (unpaired) electrons. The summed E-state index contributed by atoms with van der Waals surface area (Å²) in [5, 5.41) is 0. The van der Waals surface area contributed by atoms with E-state index in [0.29, 0.717) is 5.91 Å². The molecule has 1 amide bonds. The maximum Gasteiger partial charge on any atom is 0.225 e. The highest BCUT2D eigenvalue weighted by Gasteiger charge is 2.22. The molecule has 0 unspecified atom stereocenters. The summed E-state index contributed by atoms with van der Waals surface area (Å²) in [6.45, 7) is 6.27. The van der Waals surface area contributed by atoms with Gasteiger partial charge in [0, 0.05) is 19.0 Å². The molecular weight excluding hydrogens is 174 g/mol. The van der Waals surface area contributed by atoms with Crippen LogP contribution in [0.5, 0.6) is 0 Å². The van der Waals surface area contributed by atoms with Crippen molar-refractivity contribution in [2.24, 2.45) is 5.92 Å². The fourth-order valence-corrected chi connectivity index (χ4v) is 2.07. The molecular formula is C12H23NO. The summed E-state index contributed by atoms with van der Waals surface area (Å²) in [6, 6.07) is 0. The first-order valence-electron chi connectivity index (χ1n) is 6.04. The van der Waals surface area contributed by atoms with Gasteiger partial charge in [0.05, 0.1) is 0 Å². The van der Waals surface area contributed by atoms with Crippen LogP contribution in [0.15, 0.2) is 0 Å². The summed E-state index contributed by atoms with van der Waals surface area (Å²) in [7, 11) is 0. The van der Waals surface area contributed by atoms with E-state index in [0.717, 1.165) is 19.5 Å². The highest BCUT2D eigenvalue weighted by molar-refractivity contribution is 5.78. The molecule has 14 heavy (non-hydrogen) atoms. The fraction of sp³-hybridized carbons (Fsp3) is 0.917. The zero-order valence-electron chi connectivity index (χ0n) is 9.59. The summed E-state index contributed by atoms with van der Waals surface area (Å²) in [5.41, 5.74) is 0. The molecule has 1 heterocycles. The number of carbonyl (C=O) groups excluding carboxylic acids is 1. The van der Waals surface area contributed by atoms with Crippen LogP contribution in [-0.2, 0) is 4.79 Å². The second kappa shape index (κ2) is 6.05. The third-order valence-electron chi connectivity index (χ3n) is 3.08. The van der Waals surface area contributed by atoms with Gasteiger partial charge in [0.25, 0.3) is 0 Å². The molecule has 0 bridgehead atoms. The topological polar surface area (TPSA) is 20.3 Å².